The smallest absolute Gasteiger partial charge is 0.274 e. The van der Waals surface area contributed by atoms with Crippen molar-refractivity contribution in [2.45, 2.75) is 64.5 Å². The number of carbonyl (C=O) groups is 1. The molecule has 2 aromatic heterocycles. The maximum Gasteiger partial charge on any atom is 0.274 e. The van der Waals surface area contributed by atoms with Crippen LogP contribution in [0.5, 0.6) is 0 Å². The largest absolute Gasteiger partial charge is 0.337 e. The first-order valence-corrected chi connectivity index (χ1v) is 11.3. The standard InChI is InChI=1S/C21H30N4OS/c1-2-25-19-9-8-16(22-11-10-17-7-6-14-27-17)15-18(19)20(23-25)21(26)24-12-4-3-5-13-24/h6-7,14,16,22H,2-5,8-13,15H2,1H3/t16-/m0/s1. The molecule has 1 fully saturated rings. The number of fused-ring (bicyclic) bond motifs is 1. The van der Waals surface area contributed by atoms with Gasteiger partial charge in [-0.25, -0.2) is 0 Å². The van der Waals surface area contributed by atoms with Crippen molar-refractivity contribution in [1.82, 2.24) is 20.0 Å². The number of likely N-dealkylation sites (tertiary alicyclic amines) is 1. The number of amides is 1. The summed E-state index contributed by atoms with van der Waals surface area (Å²) in [5, 5.41) is 10.6. The molecule has 1 aliphatic carbocycles. The minimum Gasteiger partial charge on any atom is -0.337 e. The van der Waals surface area contributed by atoms with Gasteiger partial charge in [0.05, 0.1) is 0 Å². The van der Waals surface area contributed by atoms with E-state index in [1.807, 2.05) is 16.2 Å². The van der Waals surface area contributed by atoms with Crippen molar-refractivity contribution in [3.05, 3.63) is 39.3 Å². The lowest BCUT2D eigenvalue weighted by Gasteiger charge is -2.27. The van der Waals surface area contributed by atoms with Crippen LogP contribution in [0, 0.1) is 0 Å². The predicted molar refractivity (Wildman–Crippen MR) is 109 cm³/mol. The molecule has 1 N–H and O–H groups in total. The summed E-state index contributed by atoms with van der Waals surface area (Å²) < 4.78 is 2.06. The maximum atomic E-state index is 13.1. The van der Waals surface area contributed by atoms with Crippen LogP contribution in [0.3, 0.4) is 0 Å². The Labute approximate surface area is 165 Å². The van der Waals surface area contributed by atoms with Gasteiger partial charge in [-0.1, -0.05) is 6.07 Å². The number of carbonyl (C=O) groups excluding carboxylic acids is 1. The van der Waals surface area contributed by atoms with E-state index in [1.165, 1.54) is 22.6 Å². The summed E-state index contributed by atoms with van der Waals surface area (Å²) in [6, 6.07) is 4.76. The van der Waals surface area contributed by atoms with Crippen molar-refractivity contribution >= 4 is 17.2 Å². The van der Waals surface area contributed by atoms with Gasteiger partial charge in [-0.15, -0.1) is 11.3 Å². The van der Waals surface area contributed by atoms with Crippen LogP contribution in [0.2, 0.25) is 0 Å². The van der Waals surface area contributed by atoms with E-state index in [0.29, 0.717) is 6.04 Å². The molecule has 5 nitrogen and oxygen atoms in total. The summed E-state index contributed by atoms with van der Waals surface area (Å²) in [5.74, 6) is 0.150. The molecule has 6 heteroatoms. The number of nitrogens with zero attached hydrogens (tertiary/aromatic N) is 3. The lowest BCUT2D eigenvalue weighted by atomic mass is 9.91. The first kappa shape index (κ1) is 18.7. The van der Waals surface area contributed by atoms with E-state index in [1.54, 1.807) is 0 Å². The Morgan fingerprint density at radius 1 is 1.33 bits per heavy atom. The fourth-order valence-electron chi connectivity index (χ4n) is 4.40. The Morgan fingerprint density at radius 2 is 2.19 bits per heavy atom. The molecule has 1 atom stereocenters. The van der Waals surface area contributed by atoms with Gasteiger partial charge in [0.25, 0.3) is 5.91 Å². The molecule has 2 aromatic rings. The third kappa shape index (κ3) is 4.11. The number of hydrogen-bond acceptors (Lipinski definition) is 4. The zero-order valence-electron chi connectivity index (χ0n) is 16.2. The molecule has 0 saturated carbocycles. The summed E-state index contributed by atoms with van der Waals surface area (Å²) in [5.41, 5.74) is 3.21. The summed E-state index contributed by atoms with van der Waals surface area (Å²) in [6.45, 7) is 5.72. The molecule has 4 rings (SSSR count). The highest BCUT2D eigenvalue weighted by Gasteiger charge is 2.31. The Kier molecular flexibility index (Phi) is 5.93. The van der Waals surface area contributed by atoms with Crippen LogP contribution in [0.25, 0.3) is 0 Å². The molecule has 0 aromatic carbocycles. The Bertz CT molecular complexity index is 761. The molecule has 1 saturated heterocycles. The van der Waals surface area contributed by atoms with E-state index in [4.69, 9.17) is 5.10 Å². The minimum absolute atomic E-state index is 0.150. The number of aromatic nitrogens is 2. The van der Waals surface area contributed by atoms with Crippen LogP contribution in [0.1, 0.15) is 59.2 Å². The second-order valence-corrected chi connectivity index (χ2v) is 8.70. The van der Waals surface area contributed by atoms with E-state index in [2.05, 4.69) is 34.4 Å². The Hall–Kier alpha value is -1.66. The molecule has 0 radical (unpaired) electrons. The number of piperidine rings is 1. The van der Waals surface area contributed by atoms with Gasteiger partial charge in [-0.05, 0) is 63.3 Å². The zero-order chi connectivity index (χ0) is 18.6. The molecule has 0 bridgehead atoms. The average molecular weight is 387 g/mol. The first-order chi connectivity index (χ1) is 13.3. The topological polar surface area (TPSA) is 50.2 Å². The molecule has 146 valence electrons. The molecule has 0 unspecified atom stereocenters. The number of nitrogens with one attached hydrogen (secondary N) is 1. The number of aryl methyl sites for hydroxylation is 1. The Morgan fingerprint density at radius 3 is 2.93 bits per heavy atom. The fourth-order valence-corrected chi connectivity index (χ4v) is 5.11. The van der Waals surface area contributed by atoms with E-state index in [0.717, 1.165) is 70.4 Å². The third-order valence-electron chi connectivity index (χ3n) is 5.88. The van der Waals surface area contributed by atoms with Crippen molar-refractivity contribution in [3.63, 3.8) is 0 Å². The van der Waals surface area contributed by atoms with Crippen molar-refractivity contribution in [2.24, 2.45) is 0 Å². The fraction of sp³-hybridized carbons (Fsp3) is 0.619. The van der Waals surface area contributed by atoms with Gasteiger partial charge in [-0.3, -0.25) is 9.48 Å². The van der Waals surface area contributed by atoms with Crippen LogP contribution in [0.15, 0.2) is 17.5 Å². The lowest BCUT2D eigenvalue weighted by molar-refractivity contribution is 0.0716. The highest BCUT2D eigenvalue weighted by atomic mass is 32.1. The van der Waals surface area contributed by atoms with Crippen LogP contribution < -0.4 is 5.32 Å². The van der Waals surface area contributed by atoms with Crippen molar-refractivity contribution in [3.8, 4) is 0 Å². The van der Waals surface area contributed by atoms with Crippen molar-refractivity contribution in [1.29, 1.82) is 0 Å². The SMILES string of the molecule is CCn1nc(C(=O)N2CCCCC2)c2c1CC[C@H](NCCc1cccs1)C2. The highest BCUT2D eigenvalue weighted by molar-refractivity contribution is 7.09. The van der Waals surface area contributed by atoms with Gasteiger partial charge in [0.2, 0.25) is 0 Å². The quantitative estimate of drug-likeness (QED) is 0.829. The molecule has 0 spiro atoms. The van der Waals surface area contributed by atoms with Crippen LogP contribution in [-0.2, 0) is 25.8 Å². The van der Waals surface area contributed by atoms with Gasteiger partial charge < -0.3 is 10.2 Å². The second kappa shape index (κ2) is 8.57. The normalized spacial score (nSPS) is 19.9. The first-order valence-electron chi connectivity index (χ1n) is 10.4. The van der Waals surface area contributed by atoms with E-state index < -0.39 is 0 Å². The Balaban J connectivity index is 1.45. The minimum atomic E-state index is 0.150. The summed E-state index contributed by atoms with van der Waals surface area (Å²) in [4.78, 5) is 16.6. The average Bonchev–Trinajstić information content (AvgIpc) is 3.35. The predicted octanol–water partition coefficient (Wildman–Crippen LogP) is 3.28. The van der Waals surface area contributed by atoms with Crippen molar-refractivity contribution in [2.75, 3.05) is 19.6 Å². The summed E-state index contributed by atoms with van der Waals surface area (Å²) in [7, 11) is 0. The molecular weight excluding hydrogens is 356 g/mol. The molecule has 27 heavy (non-hydrogen) atoms. The van der Waals surface area contributed by atoms with Crippen molar-refractivity contribution < 1.29 is 4.79 Å². The molecule has 1 aliphatic heterocycles. The van der Waals surface area contributed by atoms with Gasteiger partial charge in [-0.2, -0.15) is 5.10 Å². The van der Waals surface area contributed by atoms with Gasteiger partial charge >= 0.3 is 0 Å². The number of hydrogen-bond donors (Lipinski definition) is 1. The second-order valence-electron chi connectivity index (χ2n) is 7.67. The maximum absolute atomic E-state index is 13.1. The van der Waals surface area contributed by atoms with Gasteiger partial charge in [0.1, 0.15) is 0 Å². The van der Waals surface area contributed by atoms with E-state index >= 15 is 0 Å². The molecular formula is C21H30N4OS. The van der Waals surface area contributed by atoms with E-state index in [-0.39, 0.29) is 5.91 Å². The monoisotopic (exact) mass is 386 g/mol. The van der Waals surface area contributed by atoms with Crippen LogP contribution in [0.4, 0.5) is 0 Å². The summed E-state index contributed by atoms with van der Waals surface area (Å²) in [6.07, 6.45) is 7.62. The van der Waals surface area contributed by atoms with Gasteiger partial charge in [0, 0.05) is 48.4 Å². The van der Waals surface area contributed by atoms with Gasteiger partial charge in [0.15, 0.2) is 5.69 Å². The van der Waals surface area contributed by atoms with Crippen LogP contribution >= 0.6 is 11.3 Å². The highest BCUT2D eigenvalue weighted by Crippen LogP contribution is 2.27. The molecule has 1 amide bonds. The zero-order valence-corrected chi connectivity index (χ0v) is 17.1. The number of rotatable bonds is 6. The van der Waals surface area contributed by atoms with Crippen LogP contribution in [-0.4, -0.2) is 46.3 Å². The summed E-state index contributed by atoms with van der Waals surface area (Å²) >= 11 is 1.82. The lowest BCUT2D eigenvalue weighted by Crippen LogP contribution is -2.38. The third-order valence-corrected chi connectivity index (χ3v) is 6.81. The molecule has 2 aliphatic rings. The van der Waals surface area contributed by atoms with E-state index in [9.17, 15) is 4.79 Å². The number of thiophene rings is 1. The molecule has 3 heterocycles.